The van der Waals surface area contributed by atoms with Gasteiger partial charge in [-0.05, 0) is 37.9 Å². The highest BCUT2D eigenvalue weighted by molar-refractivity contribution is 7.92. The number of anilines is 2. The molecule has 0 aromatic heterocycles. The van der Waals surface area contributed by atoms with E-state index in [0.717, 1.165) is 18.7 Å². The summed E-state index contributed by atoms with van der Waals surface area (Å²) in [5.74, 6) is 0.159. The molecule has 1 heterocycles. The maximum absolute atomic E-state index is 12.3. The summed E-state index contributed by atoms with van der Waals surface area (Å²) in [6.45, 7) is 1.00. The van der Waals surface area contributed by atoms with Crippen molar-refractivity contribution >= 4 is 21.4 Å². The van der Waals surface area contributed by atoms with Crippen molar-refractivity contribution in [3.63, 3.8) is 0 Å². The van der Waals surface area contributed by atoms with Crippen LogP contribution in [0.1, 0.15) is 25.7 Å². The van der Waals surface area contributed by atoms with Crippen LogP contribution in [-0.4, -0.2) is 40.9 Å². The number of hydrogen-bond acceptors (Lipinski definition) is 4. The van der Waals surface area contributed by atoms with Gasteiger partial charge in [-0.15, -0.1) is 0 Å². The van der Waals surface area contributed by atoms with Gasteiger partial charge < -0.3 is 10.2 Å². The molecule has 1 fully saturated rings. The molecule has 2 rings (SSSR count). The van der Waals surface area contributed by atoms with Gasteiger partial charge in [0.25, 0.3) is 0 Å². The van der Waals surface area contributed by atoms with Crippen molar-refractivity contribution in [1.82, 2.24) is 5.32 Å². The van der Waals surface area contributed by atoms with Crippen LogP contribution in [0.4, 0.5) is 11.4 Å². The topological polar surface area (TPSA) is 61.4 Å². The van der Waals surface area contributed by atoms with Crippen LogP contribution in [-0.2, 0) is 10.0 Å². The monoisotopic (exact) mass is 311 g/mol. The lowest BCUT2D eigenvalue weighted by atomic mass is 10.0. The third kappa shape index (κ3) is 4.89. The summed E-state index contributed by atoms with van der Waals surface area (Å²) in [5.41, 5.74) is 1.51. The second-order valence-corrected chi connectivity index (χ2v) is 7.61. The molecule has 1 aliphatic rings. The number of hydrogen-bond donors (Lipinski definition) is 2. The molecule has 0 spiro atoms. The van der Waals surface area contributed by atoms with E-state index in [4.69, 9.17) is 0 Å². The first-order valence-corrected chi connectivity index (χ1v) is 9.13. The fraction of sp³-hybridized carbons (Fsp3) is 0.600. The molecule has 2 N–H and O–H groups in total. The summed E-state index contributed by atoms with van der Waals surface area (Å²) >= 11 is 0. The molecular weight excluding hydrogens is 286 g/mol. The molecule has 5 nitrogen and oxygen atoms in total. The standard InChI is InChI=1S/C15H25N3O2S/c1-18(2)15-9-4-3-8-14(15)17-21(19,20)12-10-13-7-5-6-11-16-13/h3-4,8-9,13,16-17H,5-7,10-12H2,1-2H3. The Kier molecular flexibility index (Phi) is 5.47. The lowest BCUT2D eigenvalue weighted by Crippen LogP contribution is -2.36. The molecule has 1 aromatic rings. The average molecular weight is 311 g/mol. The van der Waals surface area contributed by atoms with Gasteiger partial charge in [0.05, 0.1) is 17.1 Å². The summed E-state index contributed by atoms with van der Waals surface area (Å²) in [4.78, 5) is 1.90. The molecule has 0 radical (unpaired) electrons. The van der Waals surface area contributed by atoms with E-state index in [-0.39, 0.29) is 5.75 Å². The summed E-state index contributed by atoms with van der Waals surface area (Å²) in [6, 6.07) is 7.78. The van der Waals surface area contributed by atoms with Gasteiger partial charge in [0, 0.05) is 20.1 Å². The summed E-state index contributed by atoms with van der Waals surface area (Å²) in [6.07, 6.45) is 4.12. The van der Waals surface area contributed by atoms with Gasteiger partial charge in [-0.3, -0.25) is 4.72 Å². The number of rotatable bonds is 6. The van der Waals surface area contributed by atoms with Crippen molar-refractivity contribution in [2.24, 2.45) is 0 Å². The van der Waals surface area contributed by atoms with Crippen LogP contribution in [0.15, 0.2) is 24.3 Å². The Hall–Kier alpha value is -1.27. The molecule has 1 aromatic carbocycles. The van der Waals surface area contributed by atoms with E-state index >= 15 is 0 Å². The van der Waals surface area contributed by atoms with Gasteiger partial charge in [-0.25, -0.2) is 8.42 Å². The maximum Gasteiger partial charge on any atom is 0.232 e. The SMILES string of the molecule is CN(C)c1ccccc1NS(=O)(=O)CCC1CCCCN1. The average Bonchev–Trinajstić information content (AvgIpc) is 2.46. The minimum atomic E-state index is -3.31. The van der Waals surface area contributed by atoms with Crippen molar-refractivity contribution in [3.05, 3.63) is 24.3 Å². The van der Waals surface area contributed by atoms with E-state index in [1.165, 1.54) is 12.8 Å². The Morgan fingerprint density at radius 2 is 2.05 bits per heavy atom. The van der Waals surface area contributed by atoms with Gasteiger partial charge in [0.1, 0.15) is 0 Å². The van der Waals surface area contributed by atoms with Crippen molar-refractivity contribution < 1.29 is 8.42 Å². The number of para-hydroxylation sites is 2. The van der Waals surface area contributed by atoms with E-state index in [0.29, 0.717) is 18.2 Å². The molecule has 0 bridgehead atoms. The van der Waals surface area contributed by atoms with Crippen LogP contribution in [0, 0.1) is 0 Å². The zero-order chi connectivity index (χ0) is 15.3. The van der Waals surface area contributed by atoms with Crippen LogP contribution in [0.25, 0.3) is 0 Å². The zero-order valence-electron chi connectivity index (χ0n) is 12.8. The van der Waals surface area contributed by atoms with Gasteiger partial charge in [0.2, 0.25) is 10.0 Å². The molecule has 21 heavy (non-hydrogen) atoms. The fourth-order valence-corrected chi connectivity index (χ4v) is 3.84. The third-order valence-corrected chi connectivity index (χ3v) is 5.10. The summed E-state index contributed by atoms with van der Waals surface area (Å²) in [7, 11) is 0.497. The predicted molar refractivity (Wildman–Crippen MR) is 88.4 cm³/mol. The molecule has 6 heteroatoms. The Bertz CT molecular complexity index is 552. The second kappa shape index (κ2) is 7.13. The number of nitrogens with one attached hydrogen (secondary N) is 2. The predicted octanol–water partition coefficient (Wildman–Crippen LogP) is 2.03. The van der Waals surface area contributed by atoms with Gasteiger partial charge in [0.15, 0.2) is 0 Å². The lowest BCUT2D eigenvalue weighted by molar-refractivity contribution is 0.393. The number of benzene rings is 1. The van der Waals surface area contributed by atoms with Crippen LogP contribution in [0.5, 0.6) is 0 Å². The second-order valence-electron chi connectivity index (χ2n) is 5.77. The molecule has 1 atom stereocenters. The largest absolute Gasteiger partial charge is 0.376 e. The third-order valence-electron chi connectivity index (χ3n) is 3.80. The van der Waals surface area contributed by atoms with Crippen molar-refractivity contribution in [2.75, 3.05) is 36.0 Å². The number of sulfonamides is 1. The smallest absolute Gasteiger partial charge is 0.232 e. The molecule has 0 saturated carbocycles. The van der Waals surface area contributed by atoms with Gasteiger partial charge in [-0.1, -0.05) is 18.6 Å². The van der Waals surface area contributed by atoms with Crippen molar-refractivity contribution in [2.45, 2.75) is 31.7 Å². The Labute approximate surface area is 127 Å². The van der Waals surface area contributed by atoms with E-state index in [1.807, 2.05) is 37.2 Å². The van der Waals surface area contributed by atoms with Crippen LogP contribution in [0.3, 0.4) is 0 Å². The fourth-order valence-electron chi connectivity index (χ4n) is 2.64. The van der Waals surface area contributed by atoms with Crippen LogP contribution < -0.4 is 14.9 Å². The molecule has 0 aliphatic carbocycles. The van der Waals surface area contributed by atoms with Crippen molar-refractivity contribution in [3.8, 4) is 0 Å². The van der Waals surface area contributed by atoms with Crippen LogP contribution in [0.2, 0.25) is 0 Å². The van der Waals surface area contributed by atoms with Crippen LogP contribution >= 0.6 is 0 Å². The minimum Gasteiger partial charge on any atom is -0.376 e. The first kappa shape index (κ1) is 16.1. The molecule has 1 saturated heterocycles. The Morgan fingerprint density at radius 3 is 2.71 bits per heavy atom. The highest BCUT2D eigenvalue weighted by Gasteiger charge is 2.18. The van der Waals surface area contributed by atoms with E-state index in [1.54, 1.807) is 6.07 Å². The maximum atomic E-state index is 12.3. The lowest BCUT2D eigenvalue weighted by Gasteiger charge is -2.23. The first-order chi connectivity index (χ1) is 9.98. The Balaban J connectivity index is 1.97. The summed E-state index contributed by atoms with van der Waals surface area (Å²) in [5, 5.41) is 3.38. The first-order valence-electron chi connectivity index (χ1n) is 7.48. The zero-order valence-corrected chi connectivity index (χ0v) is 13.6. The Morgan fingerprint density at radius 1 is 1.29 bits per heavy atom. The highest BCUT2D eigenvalue weighted by Crippen LogP contribution is 2.24. The van der Waals surface area contributed by atoms with E-state index in [2.05, 4.69) is 10.0 Å². The van der Waals surface area contributed by atoms with Gasteiger partial charge >= 0.3 is 0 Å². The summed E-state index contributed by atoms with van der Waals surface area (Å²) < 4.78 is 27.2. The number of nitrogens with zero attached hydrogens (tertiary/aromatic N) is 1. The quantitative estimate of drug-likeness (QED) is 0.844. The molecule has 118 valence electrons. The van der Waals surface area contributed by atoms with E-state index in [9.17, 15) is 8.42 Å². The van der Waals surface area contributed by atoms with Gasteiger partial charge in [-0.2, -0.15) is 0 Å². The normalized spacial score (nSPS) is 19.2. The highest BCUT2D eigenvalue weighted by atomic mass is 32.2. The van der Waals surface area contributed by atoms with E-state index < -0.39 is 10.0 Å². The molecule has 0 amide bonds. The minimum absolute atomic E-state index is 0.159. The molecule has 1 unspecified atom stereocenters. The number of piperidine rings is 1. The van der Waals surface area contributed by atoms with Crippen molar-refractivity contribution in [1.29, 1.82) is 0 Å². The molecule has 1 aliphatic heterocycles. The molecular formula is C15H25N3O2S.